The van der Waals surface area contributed by atoms with E-state index in [-0.39, 0.29) is 0 Å². The molecule has 128 valence electrons. The highest BCUT2D eigenvalue weighted by molar-refractivity contribution is 6.77. The van der Waals surface area contributed by atoms with Crippen LogP contribution >= 0.6 is 0 Å². The summed E-state index contributed by atoms with van der Waals surface area (Å²) in [7, 11) is -2.84. The molecule has 1 N–H and O–H groups in total. The van der Waals surface area contributed by atoms with E-state index in [1.807, 2.05) is 0 Å². The molecule has 0 aliphatic heterocycles. The smallest absolute Gasteiger partial charge is 0.191 e. The molecule has 0 atom stereocenters. The second-order valence-corrected chi connectivity index (χ2v) is 19.4. The Hall–Kier alpha value is 0.354. The van der Waals surface area contributed by atoms with Crippen molar-refractivity contribution >= 4 is 16.6 Å². The summed E-state index contributed by atoms with van der Waals surface area (Å²) in [5, 5.41) is 0.759. The van der Waals surface area contributed by atoms with Gasteiger partial charge in [0.25, 0.3) is 0 Å². The van der Waals surface area contributed by atoms with E-state index in [0.29, 0.717) is 10.1 Å². The molecule has 4 heteroatoms. The van der Waals surface area contributed by atoms with Gasteiger partial charge in [-0.1, -0.05) is 54.6 Å². The van der Waals surface area contributed by atoms with Gasteiger partial charge in [0.05, 0.1) is 0 Å². The molecule has 0 saturated carbocycles. The van der Waals surface area contributed by atoms with Crippen LogP contribution in [0.4, 0.5) is 0 Å². The third-order valence-electron chi connectivity index (χ3n) is 5.53. The van der Waals surface area contributed by atoms with Crippen LogP contribution in [0.5, 0.6) is 0 Å². The fourth-order valence-electron chi connectivity index (χ4n) is 1.61. The molecule has 0 bridgehead atoms. The van der Waals surface area contributed by atoms with Crippen LogP contribution in [0.3, 0.4) is 0 Å². The van der Waals surface area contributed by atoms with Crippen molar-refractivity contribution in [2.75, 3.05) is 13.2 Å². The van der Waals surface area contributed by atoms with Crippen LogP contribution in [0.1, 0.15) is 60.8 Å². The molecular formula is C17H41NOSi2. The number of hydrogen-bond donors (Lipinski definition) is 1. The van der Waals surface area contributed by atoms with Gasteiger partial charge in [0.2, 0.25) is 0 Å². The van der Waals surface area contributed by atoms with E-state index in [1.165, 1.54) is 19.3 Å². The highest BCUT2D eigenvalue weighted by Crippen LogP contribution is 2.36. The Labute approximate surface area is 136 Å². The first kappa shape index (κ1) is 21.4. The maximum atomic E-state index is 6.22. The Morgan fingerprint density at radius 1 is 0.762 bits per heavy atom. The van der Waals surface area contributed by atoms with Crippen LogP contribution in [0.15, 0.2) is 0 Å². The second-order valence-electron chi connectivity index (χ2n) is 9.47. The number of nitrogens with one attached hydrogen (secondary N) is 1. The summed E-state index contributed by atoms with van der Waals surface area (Å²) in [6.07, 6.45) is 3.75. The Balaban J connectivity index is 3.81. The normalized spacial score (nSPS) is 14.6. The van der Waals surface area contributed by atoms with Gasteiger partial charge in [-0.25, -0.2) is 0 Å². The minimum atomic E-state index is -1.54. The highest BCUT2D eigenvalue weighted by atomic mass is 28.4. The molecule has 0 radical (unpaired) electrons. The van der Waals surface area contributed by atoms with Gasteiger partial charge in [0.1, 0.15) is 8.24 Å². The summed E-state index contributed by atoms with van der Waals surface area (Å²) in [5.41, 5.74) is 0. The van der Waals surface area contributed by atoms with Gasteiger partial charge in [-0.15, -0.1) is 0 Å². The highest BCUT2D eigenvalue weighted by Gasteiger charge is 2.37. The maximum absolute atomic E-state index is 6.22. The van der Waals surface area contributed by atoms with Crippen LogP contribution in [0.25, 0.3) is 0 Å². The van der Waals surface area contributed by atoms with E-state index >= 15 is 0 Å². The minimum absolute atomic E-state index is 0.330. The predicted molar refractivity (Wildman–Crippen MR) is 102 cm³/mol. The Bertz CT molecular complexity index is 271. The van der Waals surface area contributed by atoms with Crippen LogP contribution in [0, 0.1) is 0 Å². The van der Waals surface area contributed by atoms with E-state index in [1.54, 1.807) is 0 Å². The topological polar surface area (TPSA) is 21.3 Å². The fourth-order valence-corrected chi connectivity index (χ4v) is 4.03. The van der Waals surface area contributed by atoms with E-state index < -0.39 is 16.6 Å². The number of rotatable bonds is 8. The Morgan fingerprint density at radius 3 is 1.71 bits per heavy atom. The molecular weight excluding hydrogens is 290 g/mol. The molecule has 0 spiro atoms. The summed E-state index contributed by atoms with van der Waals surface area (Å²) in [5.74, 6) is 0. The van der Waals surface area contributed by atoms with Crippen molar-refractivity contribution in [1.82, 2.24) is 4.98 Å². The summed E-state index contributed by atoms with van der Waals surface area (Å²) in [4.78, 5) is 3.84. The van der Waals surface area contributed by atoms with E-state index in [4.69, 9.17) is 4.43 Å². The number of unbranched alkanes of at least 4 members (excludes halogenated alkanes) is 2. The third-order valence-corrected chi connectivity index (χ3v) is 15.0. The largest absolute Gasteiger partial charge is 0.417 e. The van der Waals surface area contributed by atoms with Crippen molar-refractivity contribution in [3.8, 4) is 0 Å². The lowest BCUT2D eigenvalue weighted by atomic mass is 10.2. The molecule has 0 aromatic rings. The zero-order valence-electron chi connectivity index (χ0n) is 16.4. The van der Waals surface area contributed by atoms with Crippen molar-refractivity contribution in [2.24, 2.45) is 0 Å². The van der Waals surface area contributed by atoms with Crippen molar-refractivity contribution < 1.29 is 4.43 Å². The predicted octanol–water partition coefficient (Wildman–Crippen LogP) is 5.77. The van der Waals surface area contributed by atoms with Gasteiger partial charge in [0, 0.05) is 6.61 Å². The first-order valence-electron chi connectivity index (χ1n) is 8.60. The first-order valence-corrected chi connectivity index (χ1v) is 14.5. The average molecular weight is 332 g/mol. The van der Waals surface area contributed by atoms with Gasteiger partial charge < -0.3 is 9.41 Å². The molecule has 0 fully saturated rings. The summed E-state index contributed by atoms with van der Waals surface area (Å²) >= 11 is 0. The second kappa shape index (κ2) is 7.76. The van der Waals surface area contributed by atoms with Gasteiger partial charge >= 0.3 is 0 Å². The molecule has 2 nitrogen and oxygen atoms in total. The fraction of sp³-hybridized carbons (Fsp3) is 1.00. The average Bonchev–Trinajstić information content (AvgIpc) is 2.24. The lowest BCUT2D eigenvalue weighted by Crippen LogP contribution is -2.52. The minimum Gasteiger partial charge on any atom is -0.417 e. The molecule has 0 amide bonds. The van der Waals surface area contributed by atoms with Crippen molar-refractivity contribution in [3.05, 3.63) is 0 Å². The monoisotopic (exact) mass is 331 g/mol. The molecule has 0 aromatic heterocycles. The maximum Gasteiger partial charge on any atom is 0.191 e. The molecule has 0 aliphatic carbocycles. The van der Waals surface area contributed by atoms with Crippen molar-refractivity contribution in [1.29, 1.82) is 0 Å². The first-order chi connectivity index (χ1) is 9.21. The van der Waals surface area contributed by atoms with Crippen LogP contribution in [-0.2, 0) is 4.43 Å². The van der Waals surface area contributed by atoms with E-state index in [2.05, 4.69) is 72.7 Å². The van der Waals surface area contributed by atoms with Crippen molar-refractivity contribution in [3.63, 3.8) is 0 Å². The molecule has 0 saturated heterocycles. The van der Waals surface area contributed by atoms with Crippen LogP contribution in [-0.4, -0.2) is 29.7 Å². The Morgan fingerprint density at radius 2 is 1.29 bits per heavy atom. The molecule has 0 aromatic carbocycles. The van der Waals surface area contributed by atoms with Gasteiger partial charge in [-0.2, -0.15) is 0 Å². The zero-order chi connectivity index (χ0) is 16.9. The summed E-state index contributed by atoms with van der Waals surface area (Å²) in [6, 6.07) is 0. The number of hydrogen-bond acceptors (Lipinski definition) is 2. The standard InChI is InChI=1S/C17H41NOSi2/c1-16(2,3)20(7,8)18-14-12-11-13-15-19-21(9,10)17(4,5)6/h18H,11-15H2,1-10H3. The van der Waals surface area contributed by atoms with Gasteiger partial charge in [0.15, 0.2) is 8.32 Å². The van der Waals surface area contributed by atoms with E-state index in [0.717, 1.165) is 13.2 Å². The van der Waals surface area contributed by atoms with Gasteiger partial charge in [-0.05, 0) is 49.0 Å². The van der Waals surface area contributed by atoms with Crippen molar-refractivity contribution in [2.45, 2.75) is 97.1 Å². The molecule has 0 aliphatic rings. The van der Waals surface area contributed by atoms with Gasteiger partial charge in [-0.3, -0.25) is 0 Å². The lowest BCUT2D eigenvalue weighted by Gasteiger charge is -2.37. The summed E-state index contributed by atoms with van der Waals surface area (Å²) < 4.78 is 6.22. The van der Waals surface area contributed by atoms with Crippen LogP contribution in [0.2, 0.25) is 36.3 Å². The summed E-state index contributed by atoms with van der Waals surface area (Å²) in [6.45, 7) is 25.7. The van der Waals surface area contributed by atoms with Crippen LogP contribution < -0.4 is 4.98 Å². The zero-order valence-corrected chi connectivity index (χ0v) is 18.4. The molecule has 0 unspecified atom stereocenters. The lowest BCUT2D eigenvalue weighted by molar-refractivity contribution is 0.278. The Kier molecular flexibility index (Phi) is 7.89. The molecule has 21 heavy (non-hydrogen) atoms. The molecule has 0 heterocycles. The SMILES string of the molecule is CC(C)(C)[Si](C)(C)NCCCCCO[Si](C)(C)C(C)(C)C. The van der Waals surface area contributed by atoms with E-state index in [9.17, 15) is 0 Å². The molecule has 0 rings (SSSR count). The quantitative estimate of drug-likeness (QED) is 0.450. The third kappa shape index (κ3) is 7.44.